The summed E-state index contributed by atoms with van der Waals surface area (Å²) in [5.41, 5.74) is 0.667. The van der Waals surface area contributed by atoms with Gasteiger partial charge >= 0.3 is 0 Å². The Labute approximate surface area is 183 Å². The molecule has 2 N–H and O–H groups in total. The van der Waals surface area contributed by atoms with Gasteiger partial charge in [-0.2, -0.15) is 0 Å². The average molecular weight is 439 g/mol. The summed E-state index contributed by atoms with van der Waals surface area (Å²) in [7, 11) is 1.44. The van der Waals surface area contributed by atoms with Gasteiger partial charge in [0, 0.05) is 31.1 Å². The van der Waals surface area contributed by atoms with E-state index in [1.807, 2.05) is 0 Å². The molecule has 2 aromatic rings. The predicted molar refractivity (Wildman–Crippen MR) is 112 cm³/mol. The van der Waals surface area contributed by atoms with Crippen LogP contribution < -0.4 is 10.6 Å². The Morgan fingerprint density at radius 3 is 2.69 bits per heavy atom. The molecule has 2 aromatic carbocycles. The first-order chi connectivity index (χ1) is 15.3. The second-order valence-electron chi connectivity index (χ2n) is 7.43. The predicted octanol–water partition coefficient (Wildman–Crippen LogP) is 1.84. The summed E-state index contributed by atoms with van der Waals surface area (Å²) in [5, 5.41) is 4.86. The first-order valence-corrected chi connectivity index (χ1v) is 10.0. The van der Waals surface area contributed by atoms with Crippen LogP contribution in [0.4, 0.5) is 4.39 Å². The number of halogens is 1. The molecule has 1 fully saturated rings. The third kappa shape index (κ3) is 5.05. The molecule has 0 spiro atoms. The molecule has 1 saturated heterocycles. The van der Waals surface area contributed by atoms with Crippen molar-refractivity contribution in [2.75, 3.05) is 7.05 Å². The van der Waals surface area contributed by atoms with Gasteiger partial charge < -0.3 is 10.2 Å². The standard InChI is InChI=1S/C23H22FN3O5/c1-27(19-9-4-10-20(29)26-22(19)31)23(32)17-8-3-6-15(18(17)13-28)12-25-21(30)14-5-2-7-16(24)11-14/h2-3,5-8,11,13,19H,4,9-10,12H2,1H3,(H,25,30)(H,26,29,31). The van der Waals surface area contributed by atoms with Gasteiger partial charge in [0.05, 0.1) is 5.56 Å². The Hall–Kier alpha value is -3.88. The van der Waals surface area contributed by atoms with Crippen molar-refractivity contribution in [3.05, 3.63) is 70.5 Å². The average Bonchev–Trinajstić information content (AvgIpc) is 2.95. The molecule has 166 valence electrons. The molecule has 0 aromatic heterocycles. The van der Waals surface area contributed by atoms with E-state index in [2.05, 4.69) is 10.6 Å². The fourth-order valence-electron chi connectivity index (χ4n) is 3.57. The minimum atomic E-state index is -0.843. The summed E-state index contributed by atoms with van der Waals surface area (Å²) in [6.07, 6.45) is 1.48. The molecule has 9 heteroatoms. The van der Waals surface area contributed by atoms with Crippen LogP contribution in [-0.2, 0) is 16.1 Å². The molecule has 4 amide bonds. The number of carbonyl (C=O) groups excluding carboxylic acids is 5. The number of hydrogen-bond acceptors (Lipinski definition) is 5. The Kier molecular flexibility index (Phi) is 7.09. The number of carbonyl (C=O) groups is 5. The summed E-state index contributed by atoms with van der Waals surface area (Å²) in [6.45, 7) is -0.0628. The monoisotopic (exact) mass is 439 g/mol. The van der Waals surface area contributed by atoms with E-state index in [1.54, 1.807) is 12.1 Å². The Morgan fingerprint density at radius 2 is 1.97 bits per heavy atom. The fraction of sp³-hybridized carbons (Fsp3) is 0.261. The summed E-state index contributed by atoms with van der Waals surface area (Å²) >= 11 is 0. The zero-order chi connectivity index (χ0) is 23.3. The van der Waals surface area contributed by atoms with Crippen LogP contribution in [-0.4, -0.2) is 47.9 Å². The lowest BCUT2D eigenvalue weighted by Gasteiger charge is -2.26. The number of amides is 4. The number of hydrogen-bond donors (Lipinski definition) is 2. The van der Waals surface area contributed by atoms with Gasteiger partial charge in [-0.05, 0) is 42.7 Å². The Morgan fingerprint density at radius 1 is 1.22 bits per heavy atom. The molecular weight excluding hydrogens is 417 g/mol. The van der Waals surface area contributed by atoms with Gasteiger partial charge in [-0.15, -0.1) is 0 Å². The minimum Gasteiger partial charge on any atom is -0.348 e. The fourth-order valence-corrected chi connectivity index (χ4v) is 3.57. The second kappa shape index (κ2) is 9.95. The smallest absolute Gasteiger partial charge is 0.255 e. The summed E-state index contributed by atoms with van der Waals surface area (Å²) in [4.78, 5) is 62.2. The van der Waals surface area contributed by atoms with Crippen molar-refractivity contribution in [1.82, 2.24) is 15.5 Å². The van der Waals surface area contributed by atoms with Crippen molar-refractivity contribution in [2.24, 2.45) is 0 Å². The number of imide groups is 1. The van der Waals surface area contributed by atoms with E-state index in [1.165, 1.54) is 36.2 Å². The van der Waals surface area contributed by atoms with Crippen molar-refractivity contribution in [2.45, 2.75) is 31.8 Å². The molecule has 1 heterocycles. The summed E-state index contributed by atoms with van der Waals surface area (Å²) in [5.74, 6) is -2.58. The second-order valence-corrected chi connectivity index (χ2v) is 7.43. The number of benzene rings is 2. The lowest BCUT2D eigenvalue weighted by Crippen LogP contribution is -2.47. The van der Waals surface area contributed by atoms with Crippen molar-refractivity contribution in [3.8, 4) is 0 Å². The Bertz CT molecular complexity index is 1090. The van der Waals surface area contributed by atoms with Crippen LogP contribution in [0.2, 0.25) is 0 Å². The molecule has 1 atom stereocenters. The quantitative estimate of drug-likeness (QED) is 0.527. The highest BCUT2D eigenvalue weighted by molar-refractivity contribution is 6.05. The maximum absolute atomic E-state index is 13.3. The van der Waals surface area contributed by atoms with Crippen LogP contribution in [0.15, 0.2) is 42.5 Å². The SMILES string of the molecule is CN(C(=O)c1cccc(CNC(=O)c2cccc(F)c2)c1C=O)C1CCCC(=O)NC1=O. The number of rotatable bonds is 6. The third-order valence-corrected chi connectivity index (χ3v) is 5.31. The van der Waals surface area contributed by atoms with E-state index < -0.39 is 29.6 Å². The number of nitrogens with zero attached hydrogens (tertiary/aromatic N) is 1. The zero-order valence-electron chi connectivity index (χ0n) is 17.4. The maximum atomic E-state index is 13.3. The molecule has 3 rings (SSSR count). The molecule has 1 aliphatic heterocycles. The van der Waals surface area contributed by atoms with Gasteiger partial charge in [0.25, 0.3) is 11.8 Å². The molecule has 0 saturated carbocycles. The molecule has 0 bridgehead atoms. The first kappa shape index (κ1) is 22.8. The van der Waals surface area contributed by atoms with Crippen LogP contribution in [0.5, 0.6) is 0 Å². The molecule has 1 unspecified atom stereocenters. The van der Waals surface area contributed by atoms with E-state index in [9.17, 15) is 28.4 Å². The lowest BCUT2D eigenvalue weighted by molar-refractivity contribution is -0.131. The van der Waals surface area contributed by atoms with Crippen molar-refractivity contribution in [1.29, 1.82) is 0 Å². The van der Waals surface area contributed by atoms with Crippen molar-refractivity contribution in [3.63, 3.8) is 0 Å². The molecule has 0 radical (unpaired) electrons. The molecule has 8 nitrogen and oxygen atoms in total. The largest absolute Gasteiger partial charge is 0.348 e. The van der Waals surface area contributed by atoms with Gasteiger partial charge in [-0.3, -0.25) is 29.3 Å². The first-order valence-electron chi connectivity index (χ1n) is 10.0. The molecular formula is C23H22FN3O5. The topological polar surface area (TPSA) is 113 Å². The van der Waals surface area contributed by atoms with E-state index >= 15 is 0 Å². The lowest BCUT2D eigenvalue weighted by atomic mass is 9.99. The Balaban J connectivity index is 1.79. The van der Waals surface area contributed by atoms with Gasteiger partial charge in [0.1, 0.15) is 11.9 Å². The van der Waals surface area contributed by atoms with Crippen LogP contribution in [0.3, 0.4) is 0 Å². The van der Waals surface area contributed by atoms with Crippen molar-refractivity contribution >= 4 is 29.9 Å². The van der Waals surface area contributed by atoms with Crippen molar-refractivity contribution < 1.29 is 28.4 Å². The van der Waals surface area contributed by atoms with Gasteiger partial charge in [-0.25, -0.2) is 4.39 Å². The maximum Gasteiger partial charge on any atom is 0.255 e. The van der Waals surface area contributed by atoms with Crippen LogP contribution in [0.1, 0.15) is 55.9 Å². The van der Waals surface area contributed by atoms with Crippen LogP contribution in [0.25, 0.3) is 0 Å². The van der Waals surface area contributed by atoms with E-state index in [-0.39, 0.29) is 35.6 Å². The van der Waals surface area contributed by atoms with E-state index in [4.69, 9.17) is 0 Å². The number of aldehydes is 1. The van der Waals surface area contributed by atoms with Crippen LogP contribution >= 0.6 is 0 Å². The molecule has 0 aliphatic carbocycles. The summed E-state index contributed by atoms with van der Waals surface area (Å²) < 4.78 is 13.3. The number of likely N-dealkylation sites (N-methyl/N-ethyl adjacent to an activating group) is 1. The molecule has 32 heavy (non-hydrogen) atoms. The van der Waals surface area contributed by atoms with E-state index in [0.717, 1.165) is 6.07 Å². The zero-order valence-corrected chi connectivity index (χ0v) is 17.4. The summed E-state index contributed by atoms with van der Waals surface area (Å²) in [6, 6.07) is 8.94. The highest BCUT2D eigenvalue weighted by Gasteiger charge is 2.31. The van der Waals surface area contributed by atoms with Gasteiger partial charge in [0.2, 0.25) is 11.8 Å². The van der Waals surface area contributed by atoms with E-state index in [0.29, 0.717) is 24.7 Å². The van der Waals surface area contributed by atoms with Crippen LogP contribution in [0, 0.1) is 5.82 Å². The number of nitrogens with one attached hydrogen (secondary N) is 2. The third-order valence-electron chi connectivity index (χ3n) is 5.31. The normalized spacial score (nSPS) is 16.0. The minimum absolute atomic E-state index is 0.0628. The molecule has 1 aliphatic rings. The van der Waals surface area contributed by atoms with Gasteiger partial charge in [-0.1, -0.05) is 18.2 Å². The van der Waals surface area contributed by atoms with Gasteiger partial charge in [0.15, 0.2) is 6.29 Å². The highest BCUT2D eigenvalue weighted by atomic mass is 19.1. The highest BCUT2D eigenvalue weighted by Crippen LogP contribution is 2.19.